The van der Waals surface area contributed by atoms with E-state index < -0.39 is 0 Å². The highest BCUT2D eigenvalue weighted by Crippen LogP contribution is 2.11. The van der Waals surface area contributed by atoms with Crippen molar-refractivity contribution < 1.29 is 4.79 Å². The van der Waals surface area contributed by atoms with Gasteiger partial charge in [-0.25, -0.2) is 0 Å². The van der Waals surface area contributed by atoms with Crippen LogP contribution in [0.25, 0.3) is 0 Å². The number of rotatable bonds is 3. The molecule has 0 bridgehead atoms. The van der Waals surface area contributed by atoms with Crippen LogP contribution in [0.1, 0.15) is 20.3 Å². The van der Waals surface area contributed by atoms with E-state index >= 15 is 0 Å². The topological polar surface area (TPSA) is 67.2 Å². The van der Waals surface area contributed by atoms with E-state index in [0.717, 1.165) is 19.5 Å². The number of amides is 1. The average Bonchev–Trinajstić information content (AvgIpc) is 2.20. The zero-order valence-corrected chi connectivity index (χ0v) is 9.05. The quantitative estimate of drug-likeness (QED) is 0.584. The fraction of sp³-hybridized carbons (Fsp3) is 0.900. The molecule has 3 unspecified atom stereocenters. The van der Waals surface area contributed by atoms with Gasteiger partial charge in [-0.2, -0.15) is 0 Å². The molecule has 1 heterocycles. The lowest BCUT2D eigenvalue weighted by Crippen LogP contribution is -2.51. The number of piperidine rings is 1. The van der Waals surface area contributed by atoms with E-state index in [-0.39, 0.29) is 17.9 Å². The molecule has 1 aliphatic heterocycles. The summed E-state index contributed by atoms with van der Waals surface area (Å²) in [7, 11) is 0. The highest BCUT2D eigenvalue weighted by atomic mass is 16.1. The molecule has 0 aliphatic carbocycles. The molecule has 1 saturated heterocycles. The van der Waals surface area contributed by atoms with Crippen molar-refractivity contribution in [1.29, 1.82) is 0 Å². The number of carbonyl (C=O) groups excluding carboxylic acids is 1. The molecule has 3 atom stereocenters. The number of carbonyl (C=O) groups is 1. The molecule has 1 rings (SSSR count). The van der Waals surface area contributed by atoms with E-state index in [2.05, 4.69) is 17.6 Å². The summed E-state index contributed by atoms with van der Waals surface area (Å²) < 4.78 is 0. The van der Waals surface area contributed by atoms with Gasteiger partial charge < -0.3 is 16.4 Å². The molecule has 0 spiro atoms. The Morgan fingerprint density at radius 3 is 3.00 bits per heavy atom. The minimum atomic E-state index is -0.0795. The molecule has 4 nitrogen and oxygen atoms in total. The Kier molecular flexibility index (Phi) is 4.35. The standard InChI is InChI=1S/C10H21N3O/c1-7-3-4-12-6-9(7)13-10(14)8(2)5-11/h7-9,12H,3-6,11H2,1-2H3,(H,13,14). The Morgan fingerprint density at radius 2 is 2.43 bits per heavy atom. The van der Waals surface area contributed by atoms with Gasteiger partial charge in [0.2, 0.25) is 5.91 Å². The van der Waals surface area contributed by atoms with Crippen molar-refractivity contribution in [3.63, 3.8) is 0 Å². The van der Waals surface area contributed by atoms with Gasteiger partial charge in [0.1, 0.15) is 0 Å². The normalized spacial score (nSPS) is 29.6. The third-order valence-corrected chi connectivity index (χ3v) is 2.96. The van der Waals surface area contributed by atoms with Gasteiger partial charge >= 0.3 is 0 Å². The predicted octanol–water partition coefficient (Wildman–Crippen LogP) is -0.305. The van der Waals surface area contributed by atoms with Crippen LogP contribution in [0.5, 0.6) is 0 Å². The summed E-state index contributed by atoms with van der Waals surface area (Å²) in [6, 6.07) is 0.269. The van der Waals surface area contributed by atoms with Crippen molar-refractivity contribution in [3.8, 4) is 0 Å². The van der Waals surface area contributed by atoms with Gasteiger partial charge in [0.15, 0.2) is 0 Å². The van der Waals surface area contributed by atoms with E-state index in [4.69, 9.17) is 5.73 Å². The average molecular weight is 199 g/mol. The van der Waals surface area contributed by atoms with Gasteiger partial charge in [-0.1, -0.05) is 13.8 Å². The first kappa shape index (κ1) is 11.5. The molecular formula is C10H21N3O. The van der Waals surface area contributed by atoms with Crippen LogP contribution < -0.4 is 16.4 Å². The number of nitrogens with two attached hydrogens (primary N) is 1. The third-order valence-electron chi connectivity index (χ3n) is 2.96. The maximum Gasteiger partial charge on any atom is 0.224 e. The van der Waals surface area contributed by atoms with Crippen molar-refractivity contribution in [1.82, 2.24) is 10.6 Å². The van der Waals surface area contributed by atoms with Crippen LogP contribution in [-0.2, 0) is 4.79 Å². The molecule has 0 radical (unpaired) electrons. The molecule has 14 heavy (non-hydrogen) atoms. The highest BCUT2D eigenvalue weighted by molar-refractivity contribution is 5.78. The van der Waals surface area contributed by atoms with Crippen LogP contribution in [0.4, 0.5) is 0 Å². The molecule has 1 amide bonds. The van der Waals surface area contributed by atoms with E-state index in [1.807, 2.05) is 6.92 Å². The van der Waals surface area contributed by atoms with E-state index in [1.54, 1.807) is 0 Å². The van der Waals surface area contributed by atoms with Crippen LogP contribution in [0.3, 0.4) is 0 Å². The van der Waals surface area contributed by atoms with Gasteiger partial charge in [0.05, 0.1) is 0 Å². The highest BCUT2D eigenvalue weighted by Gasteiger charge is 2.23. The van der Waals surface area contributed by atoms with Gasteiger partial charge in [0.25, 0.3) is 0 Å². The second kappa shape index (κ2) is 5.32. The van der Waals surface area contributed by atoms with E-state index in [1.165, 1.54) is 0 Å². The van der Waals surface area contributed by atoms with Crippen LogP contribution in [0.2, 0.25) is 0 Å². The Hall–Kier alpha value is -0.610. The van der Waals surface area contributed by atoms with E-state index in [0.29, 0.717) is 12.5 Å². The number of hydrogen-bond donors (Lipinski definition) is 3. The lowest BCUT2D eigenvalue weighted by Gasteiger charge is -2.31. The summed E-state index contributed by atoms with van der Waals surface area (Å²) in [4.78, 5) is 11.6. The monoisotopic (exact) mass is 199 g/mol. The summed E-state index contributed by atoms with van der Waals surface area (Å²) in [5, 5.41) is 6.32. The zero-order valence-electron chi connectivity index (χ0n) is 9.05. The molecule has 1 aliphatic rings. The Morgan fingerprint density at radius 1 is 1.71 bits per heavy atom. The second-order valence-electron chi connectivity index (χ2n) is 4.22. The van der Waals surface area contributed by atoms with Crippen LogP contribution in [0, 0.1) is 11.8 Å². The molecule has 0 saturated carbocycles. The van der Waals surface area contributed by atoms with Crippen LogP contribution in [-0.4, -0.2) is 31.6 Å². The Balaban J connectivity index is 2.38. The molecule has 0 aromatic carbocycles. The minimum Gasteiger partial charge on any atom is -0.352 e. The van der Waals surface area contributed by atoms with Crippen molar-refractivity contribution in [2.75, 3.05) is 19.6 Å². The molecule has 1 fully saturated rings. The summed E-state index contributed by atoms with van der Waals surface area (Å²) in [6.07, 6.45) is 1.13. The fourth-order valence-electron chi connectivity index (χ4n) is 1.61. The maximum atomic E-state index is 11.6. The number of hydrogen-bond acceptors (Lipinski definition) is 3. The van der Waals surface area contributed by atoms with Crippen molar-refractivity contribution >= 4 is 5.91 Å². The Labute approximate surface area is 85.6 Å². The second-order valence-corrected chi connectivity index (χ2v) is 4.22. The maximum absolute atomic E-state index is 11.6. The van der Waals surface area contributed by atoms with Gasteiger partial charge in [0, 0.05) is 25.0 Å². The first-order valence-electron chi connectivity index (χ1n) is 5.36. The summed E-state index contributed by atoms with van der Waals surface area (Å²) in [5.74, 6) is 0.558. The predicted molar refractivity (Wildman–Crippen MR) is 56.8 cm³/mol. The van der Waals surface area contributed by atoms with E-state index in [9.17, 15) is 4.79 Å². The van der Waals surface area contributed by atoms with Crippen molar-refractivity contribution in [3.05, 3.63) is 0 Å². The van der Waals surface area contributed by atoms with Gasteiger partial charge in [-0.3, -0.25) is 4.79 Å². The number of nitrogens with one attached hydrogen (secondary N) is 2. The lowest BCUT2D eigenvalue weighted by molar-refractivity contribution is -0.125. The zero-order chi connectivity index (χ0) is 10.6. The van der Waals surface area contributed by atoms with Gasteiger partial charge in [-0.05, 0) is 18.9 Å². The molecule has 0 aromatic rings. The SMILES string of the molecule is CC(CN)C(=O)NC1CNCCC1C. The smallest absolute Gasteiger partial charge is 0.224 e. The third kappa shape index (κ3) is 2.96. The Bertz CT molecular complexity index is 196. The first-order chi connectivity index (χ1) is 6.65. The molecule has 4 heteroatoms. The summed E-state index contributed by atoms with van der Waals surface area (Å²) in [6.45, 7) is 6.39. The minimum absolute atomic E-state index is 0.0769. The van der Waals surface area contributed by atoms with Crippen LogP contribution in [0.15, 0.2) is 0 Å². The lowest BCUT2D eigenvalue weighted by atomic mass is 9.94. The summed E-state index contributed by atoms with van der Waals surface area (Å²) in [5.41, 5.74) is 5.44. The first-order valence-corrected chi connectivity index (χ1v) is 5.36. The molecule has 82 valence electrons. The molecule has 4 N–H and O–H groups in total. The van der Waals surface area contributed by atoms with Crippen molar-refractivity contribution in [2.24, 2.45) is 17.6 Å². The van der Waals surface area contributed by atoms with Crippen molar-refractivity contribution in [2.45, 2.75) is 26.3 Å². The molecular weight excluding hydrogens is 178 g/mol. The molecule has 0 aromatic heterocycles. The fourth-order valence-corrected chi connectivity index (χ4v) is 1.61. The van der Waals surface area contributed by atoms with Gasteiger partial charge in [-0.15, -0.1) is 0 Å². The summed E-state index contributed by atoms with van der Waals surface area (Å²) >= 11 is 0. The largest absolute Gasteiger partial charge is 0.352 e. The van der Waals surface area contributed by atoms with Crippen LogP contribution >= 0.6 is 0 Å².